The third kappa shape index (κ3) is 3.57. The van der Waals surface area contributed by atoms with Gasteiger partial charge in [-0.2, -0.15) is 0 Å². The molecule has 1 N–H and O–H groups in total. The quantitative estimate of drug-likeness (QED) is 0.389. The van der Waals surface area contributed by atoms with E-state index in [1.807, 2.05) is 12.1 Å². The van der Waals surface area contributed by atoms with Crippen LogP contribution in [0.25, 0.3) is 21.5 Å². The zero-order valence-corrected chi connectivity index (χ0v) is 18.9. The lowest BCUT2D eigenvalue weighted by Gasteiger charge is -2.25. The second-order valence-corrected chi connectivity index (χ2v) is 9.65. The first-order valence-corrected chi connectivity index (χ1v) is 11.4. The highest BCUT2D eigenvalue weighted by Crippen LogP contribution is 2.40. The first-order chi connectivity index (χ1) is 15.3. The van der Waals surface area contributed by atoms with Crippen molar-refractivity contribution in [1.29, 1.82) is 0 Å². The monoisotopic (exact) mass is 472 g/mol. The average molecular weight is 473 g/mol. The summed E-state index contributed by atoms with van der Waals surface area (Å²) in [6.45, 7) is 4.37. The highest BCUT2D eigenvalue weighted by Gasteiger charge is 2.39. The summed E-state index contributed by atoms with van der Waals surface area (Å²) in [5.74, 6) is -0.854. The van der Waals surface area contributed by atoms with Crippen molar-refractivity contribution in [3.05, 3.63) is 69.6 Å². The van der Waals surface area contributed by atoms with Crippen LogP contribution in [0, 0.1) is 24.5 Å². The molecule has 1 aliphatic heterocycles. The van der Waals surface area contributed by atoms with Gasteiger partial charge in [-0.05, 0) is 49.1 Å². The van der Waals surface area contributed by atoms with E-state index in [-0.39, 0.29) is 23.6 Å². The third-order valence-electron chi connectivity index (χ3n) is 5.78. The largest absolute Gasteiger partial charge is 0.340 e. The summed E-state index contributed by atoms with van der Waals surface area (Å²) in [4.78, 5) is 28.3. The van der Waals surface area contributed by atoms with Crippen molar-refractivity contribution in [2.24, 2.45) is 5.92 Å². The summed E-state index contributed by atoms with van der Waals surface area (Å²) in [5, 5.41) is 1.19. The number of carbonyl (C=O) groups excluding carboxylic acids is 1. The van der Waals surface area contributed by atoms with E-state index in [9.17, 15) is 13.6 Å². The second kappa shape index (κ2) is 7.94. The molecule has 1 fully saturated rings. The van der Waals surface area contributed by atoms with Gasteiger partial charge in [0.1, 0.15) is 28.7 Å². The van der Waals surface area contributed by atoms with Crippen molar-refractivity contribution in [2.45, 2.75) is 26.3 Å². The normalized spacial score (nSPS) is 18.6. The number of fused-ring (bicyclic) bond motifs is 1. The summed E-state index contributed by atoms with van der Waals surface area (Å²) >= 11 is 7.53. The molecule has 0 radical (unpaired) electrons. The Balaban J connectivity index is 1.56. The van der Waals surface area contributed by atoms with E-state index in [1.54, 1.807) is 17.9 Å². The number of aromatic nitrogens is 3. The molecule has 0 bridgehead atoms. The molecule has 0 saturated carbocycles. The predicted molar refractivity (Wildman–Crippen MR) is 121 cm³/mol. The maximum Gasteiger partial charge on any atom is 0.274 e. The molecule has 164 valence electrons. The Morgan fingerprint density at radius 1 is 1.22 bits per heavy atom. The van der Waals surface area contributed by atoms with Gasteiger partial charge in [0.15, 0.2) is 0 Å². The maximum absolute atomic E-state index is 13.8. The van der Waals surface area contributed by atoms with Crippen LogP contribution in [0.15, 0.2) is 36.4 Å². The average Bonchev–Trinajstić information content (AvgIpc) is 3.43. The first kappa shape index (κ1) is 21.0. The Morgan fingerprint density at radius 2 is 1.97 bits per heavy atom. The molecule has 2 aromatic heterocycles. The lowest BCUT2D eigenvalue weighted by Crippen LogP contribution is -2.33. The topological polar surface area (TPSA) is 61.9 Å². The van der Waals surface area contributed by atoms with Crippen LogP contribution < -0.4 is 0 Å². The zero-order chi connectivity index (χ0) is 22.6. The number of benzene rings is 2. The van der Waals surface area contributed by atoms with Crippen LogP contribution in [0.2, 0.25) is 5.02 Å². The molecule has 1 amide bonds. The number of rotatable bonds is 3. The van der Waals surface area contributed by atoms with Gasteiger partial charge in [-0.1, -0.05) is 24.6 Å². The summed E-state index contributed by atoms with van der Waals surface area (Å²) < 4.78 is 27.7. The van der Waals surface area contributed by atoms with Gasteiger partial charge >= 0.3 is 0 Å². The summed E-state index contributed by atoms with van der Waals surface area (Å²) in [6.07, 6.45) is 0.800. The number of nitrogens with one attached hydrogen (secondary N) is 1. The fraction of sp³-hybridized carbons (Fsp3) is 0.261. The Labute approximate surface area is 192 Å². The lowest BCUT2D eigenvalue weighted by atomic mass is 10.0. The van der Waals surface area contributed by atoms with E-state index in [1.165, 1.54) is 23.5 Å². The van der Waals surface area contributed by atoms with Crippen LogP contribution in [0.4, 0.5) is 8.78 Å². The van der Waals surface area contributed by atoms with Gasteiger partial charge in [0, 0.05) is 12.6 Å². The molecule has 0 aliphatic carbocycles. The number of hydrogen-bond donors (Lipinski definition) is 1. The number of amides is 1. The molecule has 4 aromatic rings. The minimum Gasteiger partial charge on any atom is -0.340 e. The van der Waals surface area contributed by atoms with Crippen molar-refractivity contribution in [2.75, 3.05) is 6.54 Å². The number of aryl methyl sites for hydroxylation is 1. The van der Waals surface area contributed by atoms with Crippen LogP contribution in [-0.2, 0) is 0 Å². The summed E-state index contributed by atoms with van der Waals surface area (Å²) in [5.41, 5.74) is 1.97. The van der Waals surface area contributed by atoms with E-state index in [2.05, 4.69) is 21.9 Å². The standard InChI is InChI=1S/C23H19ClF2N4OS/c1-11-6-7-30(20(11)22-28-17-5-3-4-16(24)18(17)29-22)23(31)19-21(32-12(2)27-19)13-8-14(25)10-15(26)9-13/h3-5,8-11,20H,6-7H2,1-2H3,(H,28,29)/t11-,20-/m0/s1. The number of nitrogens with zero attached hydrogens (tertiary/aromatic N) is 3. The summed E-state index contributed by atoms with van der Waals surface area (Å²) in [7, 11) is 0. The number of aromatic amines is 1. The first-order valence-electron chi connectivity index (χ1n) is 10.2. The maximum atomic E-state index is 13.8. The number of H-pyrrole nitrogens is 1. The number of hydrogen-bond acceptors (Lipinski definition) is 4. The van der Waals surface area contributed by atoms with Crippen molar-refractivity contribution in [3.63, 3.8) is 0 Å². The molecule has 1 saturated heterocycles. The van der Waals surface area contributed by atoms with Gasteiger partial charge in [-0.3, -0.25) is 4.79 Å². The van der Waals surface area contributed by atoms with Gasteiger partial charge in [0.05, 0.1) is 26.5 Å². The molecular formula is C23H19ClF2N4OS. The van der Waals surface area contributed by atoms with Crippen molar-refractivity contribution in [1.82, 2.24) is 19.9 Å². The van der Waals surface area contributed by atoms with E-state index in [0.29, 0.717) is 38.4 Å². The van der Waals surface area contributed by atoms with Crippen LogP contribution in [0.1, 0.15) is 40.7 Å². The Bertz CT molecular complexity index is 1330. The number of carbonyl (C=O) groups is 1. The fourth-order valence-electron chi connectivity index (χ4n) is 4.34. The number of thiazole rings is 1. The molecular weight excluding hydrogens is 454 g/mol. The Kier molecular flexibility index (Phi) is 5.22. The van der Waals surface area contributed by atoms with E-state index < -0.39 is 11.6 Å². The SMILES string of the molecule is Cc1nc(C(=O)N2CC[C@H](C)[C@H]2c2nc3c(Cl)cccc3[nH]2)c(-c2cc(F)cc(F)c2)s1. The highest BCUT2D eigenvalue weighted by molar-refractivity contribution is 7.15. The minimum atomic E-state index is -0.698. The van der Waals surface area contributed by atoms with Crippen molar-refractivity contribution < 1.29 is 13.6 Å². The number of halogens is 3. The predicted octanol–water partition coefficient (Wildman–Crippen LogP) is 6.15. The van der Waals surface area contributed by atoms with E-state index >= 15 is 0 Å². The van der Waals surface area contributed by atoms with Crippen molar-refractivity contribution >= 4 is 39.9 Å². The van der Waals surface area contributed by atoms with Crippen LogP contribution >= 0.6 is 22.9 Å². The number of para-hydroxylation sites is 1. The van der Waals surface area contributed by atoms with E-state index in [4.69, 9.17) is 11.6 Å². The molecule has 5 nitrogen and oxygen atoms in total. The number of imidazole rings is 1. The van der Waals surface area contributed by atoms with Crippen molar-refractivity contribution in [3.8, 4) is 10.4 Å². The smallest absolute Gasteiger partial charge is 0.274 e. The molecule has 32 heavy (non-hydrogen) atoms. The zero-order valence-electron chi connectivity index (χ0n) is 17.3. The summed E-state index contributed by atoms with van der Waals surface area (Å²) in [6, 6.07) is 8.47. The van der Waals surface area contributed by atoms with Gasteiger partial charge in [-0.25, -0.2) is 18.7 Å². The Hall–Kier alpha value is -2.84. The molecule has 0 unspecified atom stereocenters. The number of likely N-dealkylation sites (tertiary alicyclic amines) is 1. The third-order valence-corrected chi connectivity index (χ3v) is 7.11. The van der Waals surface area contributed by atoms with Crippen LogP contribution in [-0.4, -0.2) is 32.3 Å². The molecule has 5 rings (SSSR count). The van der Waals surface area contributed by atoms with E-state index in [0.717, 1.165) is 18.0 Å². The Morgan fingerprint density at radius 3 is 2.69 bits per heavy atom. The second-order valence-electron chi connectivity index (χ2n) is 8.04. The van der Waals surface area contributed by atoms with Crippen LogP contribution in [0.3, 0.4) is 0 Å². The van der Waals surface area contributed by atoms with Gasteiger partial charge in [-0.15, -0.1) is 11.3 Å². The fourth-order valence-corrected chi connectivity index (χ4v) is 5.45. The highest BCUT2D eigenvalue weighted by atomic mass is 35.5. The molecule has 9 heteroatoms. The molecule has 1 aliphatic rings. The van der Waals surface area contributed by atoms with Gasteiger partial charge in [0.25, 0.3) is 5.91 Å². The molecule has 0 spiro atoms. The van der Waals surface area contributed by atoms with Crippen LogP contribution in [0.5, 0.6) is 0 Å². The lowest BCUT2D eigenvalue weighted by molar-refractivity contribution is 0.0709. The molecule has 2 atom stereocenters. The molecule has 2 aromatic carbocycles. The minimum absolute atomic E-state index is 0.160. The van der Waals surface area contributed by atoms with Gasteiger partial charge < -0.3 is 9.88 Å². The van der Waals surface area contributed by atoms with Gasteiger partial charge in [0.2, 0.25) is 0 Å². The molecule has 3 heterocycles.